The van der Waals surface area contributed by atoms with Crippen LogP contribution in [0.4, 0.5) is 0 Å². The van der Waals surface area contributed by atoms with Crippen molar-refractivity contribution in [2.45, 2.75) is 11.4 Å². The molecule has 0 fully saturated rings. The standard InChI is InChI=1S/C17H16ClNO2S2/c18-17-14-8-4-5-9-15(14)22-16(17)12-19-10-11-23(20,21)13-6-2-1-3-7-13/h1-9,19H,10-12H2. The van der Waals surface area contributed by atoms with Crippen LogP contribution in [0.1, 0.15) is 4.88 Å². The summed E-state index contributed by atoms with van der Waals surface area (Å²) in [7, 11) is -3.24. The van der Waals surface area contributed by atoms with Crippen LogP contribution in [-0.2, 0) is 16.4 Å². The summed E-state index contributed by atoms with van der Waals surface area (Å²) in [5.74, 6) is 0.0690. The lowest BCUT2D eigenvalue weighted by molar-refractivity contribution is 0.591. The Morgan fingerprint density at radius 3 is 2.43 bits per heavy atom. The van der Waals surface area contributed by atoms with E-state index in [4.69, 9.17) is 11.6 Å². The monoisotopic (exact) mass is 365 g/mol. The fourth-order valence-electron chi connectivity index (χ4n) is 2.33. The van der Waals surface area contributed by atoms with E-state index < -0.39 is 9.84 Å². The maximum Gasteiger partial charge on any atom is 0.179 e. The molecule has 1 heterocycles. The molecule has 0 amide bonds. The van der Waals surface area contributed by atoms with E-state index in [1.807, 2.05) is 24.3 Å². The van der Waals surface area contributed by atoms with Crippen molar-refractivity contribution in [3.8, 4) is 0 Å². The molecule has 1 aromatic heterocycles. The Kier molecular flexibility index (Phi) is 5.02. The molecule has 0 saturated heterocycles. The van der Waals surface area contributed by atoms with Gasteiger partial charge < -0.3 is 5.32 Å². The number of thiophene rings is 1. The fourth-order valence-corrected chi connectivity index (χ4v) is 5.02. The fraction of sp³-hybridized carbons (Fsp3) is 0.176. The van der Waals surface area contributed by atoms with Crippen molar-refractivity contribution in [2.24, 2.45) is 0 Å². The normalized spacial score (nSPS) is 11.9. The lowest BCUT2D eigenvalue weighted by Gasteiger charge is -2.06. The highest BCUT2D eigenvalue weighted by Crippen LogP contribution is 2.34. The Morgan fingerprint density at radius 2 is 1.70 bits per heavy atom. The lowest BCUT2D eigenvalue weighted by Crippen LogP contribution is -2.22. The largest absolute Gasteiger partial charge is 0.311 e. The number of sulfone groups is 1. The van der Waals surface area contributed by atoms with Gasteiger partial charge in [0.05, 0.1) is 15.7 Å². The summed E-state index contributed by atoms with van der Waals surface area (Å²) in [6.07, 6.45) is 0. The third kappa shape index (κ3) is 3.75. The minimum absolute atomic E-state index is 0.0690. The lowest BCUT2D eigenvalue weighted by atomic mass is 10.2. The van der Waals surface area contributed by atoms with E-state index in [0.717, 1.165) is 20.0 Å². The first kappa shape index (κ1) is 16.5. The predicted octanol–water partition coefficient (Wildman–Crippen LogP) is 4.12. The van der Waals surface area contributed by atoms with Crippen LogP contribution < -0.4 is 5.32 Å². The second kappa shape index (κ2) is 7.01. The Bertz CT molecular complexity index is 905. The van der Waals surface area contributed by atoms with Crippen LogP contribution in [0.25, 0.3) is 10.1 Å². The van der Waals surface area contributed by atoms with E-state index in [0.29, 0.717) is 18.0 Å². The molecule has 3 aromatic rings. The van der Waals surface area contributed by atoms with E-state index in [9.17, 15) is 8.42 Å². The topological polar surface area (TPSA) is 46.2 Å². The molecule has 1 N–H and O–H groups in total. The Balaban J connectivity index is 1.60. The summed E-state index contributed by atoms with van der Waals surface area (Å²) in [4.78, 5) is 1.40. The number of hydrogen-bond acceptors (Lipinski definition) is 4. The molecule has 3 rings (SSSR count). The number of hydrogen-bond donors (Lipinski definition) is 1. The average Bonchev–Trinajstić information content (AvgIpc) is 2.89. The molecule has 0 aliphatic carbocycles. The molecule has 6 heteroatoms. The van der Waals surface area contributed by atoms with Crippen LogP contribution >= 0.6 is 22.9 Å². The maximum atomic E-state index is 12.2. The number of rotatable bonds is 6. The molecule has 0 aliphatic heterocycles. The molecule has 0 spiro atoms. The minimum atomic E-state index is -3.24. The molecule has 23 heavy (non-hydrogen) atoms. The average molecular weight is 366 g/mol. The predicted molar refractivity (Wildman–Crippen MR) is 97.0 cm³/mol. The van der Waals surface area contributed by atoms with Crippen LogP contribution in [0.5, 0.6) is 0 Å². The summed E-state index contributed by atoms with van der Waals surface area (Å²) in [5, 5.41) is 4.98. The van der Waals surface area contributed by atoms with Crippen molar-refractivity contribution in [3.63, 3.8) is 0 Å². The van der Waals surface area contributed by atoms with Crippen LogP contribution in [-0.4, -0.2) is 20.7 Å². The van der Waals surface area contributed by atoms with Crippen LogP contribution in [0, 0.1) is 0 Å². The molecular formula is C17H16ClNO2S2. The van der Waals surface area contributed by atoms with Gasteiger partial charge in [-0.3, -0.25) is 0 Å². The maximum absolute atomic E-state index is 12.2. The van der Waals surface area contributed by atoms with Crippen molar-refractivity contribution in [3.05, 3.63) is 64.5 Å². The highest BCUT2D eigenvalue weighted by molar-refractivity contribution is 7.91. The van der Waals surface area contributed by atoms with Gasteiger partial charge >= 0.3 is 0 Å². The van der Waals surface area contributed by atoms with E-state index in [-0.39, 0.29) is 5.75 Å². The van der Waals surface area contributed by atoms with Gasteiger partial charge in [-0.25, -0.2) is 8.42 Å². The van der Waals surface area contributed by atoms with Crippen molar-refractivity contribution in [1.82, 2.24) is 5.32 Å². The highest BCUT2D eigenvalue weighted by Gasteiger charge is 2.14. The molecular weight excluding hydrogens is 350 g/mol. The highest BCUT2D eigenvalue weighted by atomic mass is 35.5. The first-order chi connectivity index (χ1) is 11.1. The van der Waals surface area contributed by atoms with Crippen LogP contribution in [0.3, 0.4) is 0 Å². The molecule has 0 atom stereocenters. The molecule has 0 unspecified atom stereocenters. The van der Waals surface area contributed by atoms with Crippen LogP contribution in [0.15, 0.2) is 59.5 Å². The van der Waals surface area contributed by atoms with E-state index >= 15 is 0 Å². The number of benzene rings is 2. The Labute approximate surface area is 144 Å². The van der Waals surface area contributed by atoms with Gasteiger partial charge in [0, 0.05) is 28.1 Å². The van der Waals surface area contributed by atoms with Gasteiger partial charge in [-0.05, 0) is 18.2 Å². The molecule has 120 valence electrons. The Morgan fingerprint density at radius 1 is 1.00 bits per heavy atom. The molecule has 0 bridgehead atoms. The van der Waals surface area contributed by atoms with E-state index in [1.165, 1.54) is 0 Å². The van der Waals surface area contributed by atoms with Gasteiger partial charge in [-0.15, -0.1) is 11.3 Å². The van der Waals surface area contributed by atoms with Crippen molar-refractivity contribution >= 4 is 42.9 Å². The zero-order valence-corrected chi connectivity index (χ0v) is 14.7. The molecule has 2 aromatic carbocycles. The van der Waals surface area contributed by atoms with Gasteiger partial charge in [-0.2, -0.15) is 0 Å². The summed E-state index contributed by atoms with van der Waals surface area (Å²) in [6, 6.07) is 16.5. The van der Waals surface area contributed by atoms with Gasteiger partial charge in [0.25, 0.3) is 0 Å². The van der Waals surface area contributed by atoms with Crippen molar-refractivity contribution in [2.75, 3.05) is 12.3 Å². The second-order valence-electron chi connectivity index (χ2n) is 5.14. The van der Waals surface area contributed by atoms with Crippen molar-refractivity contribution in [1.29, 1.82) is 0 Å². The minimum Gasteiger partial charge on any atom is -0.311 e. The molecule has 0 radical (unpaired) electrons. The molecule has 0 saturated carbocycles. The summed E-state index contributed by atoms with van der Waals surface area (Å²) in [6.45, 7) is 0.963. The zero-order chi connectivity index (χ0) is 16.3. The molecule has 3 nitrogen and oxygen atoms in total. The third-order valence-electron chi connectivity index (χ3n) is 3.54. The van der Waals surface area contributed by atoms with E-state index in [1.54, 1.807) is 41.7 Å². The van der Waals surface area contributed by atoms with Gasteiger partial charge in [0.2, 0.25) is 0 Å². The van der Waals surface area contributed by atoms with Gasteiger partial charge in [0.15, 0.2) is 9.84 Å². The summed E-state index contributed by atoms with van der Waals surface area (Å²) in [5.41, 5.74) is 0. The Hall–Kier alpha value is -1.40. The number of nitrogens with one attached hydrogen (secondary N) is 1. The quantitative estimate of drug-likeness (QED) is 0.668. The van der Waals surface area contributed by atoms with Crippen LogP contribution in [0.2, 0.25) is 5.02 Å². The van der Waals surface area contributed by atoms with Gasteiger partial charge in [-0.1, -0.05) is 48.0 Å². The third-order valence-corrected chi connectivity index (χ3v) is 6.98. The second-order valence-corrected chi connectivity index (χ2v) is 8.77. The first-order valence-electron chi connectivity index (χ1n) is 7.22. The zero-order valence-electron chi connectivity index (χ0n) is 12.3. The smallest absolute Gasteiger partial charge is 0.179 e. The summed E-state index contributed by atoms with van der Waals surface area (Å²) < 4.78 is 25.5. The van der Waals surface area contributed by atoms with E-state index in [2.05, 4.69) is 5.32 Å². The first-order valence-corrected chi connectivity index (χ1v) is 10.1. The van der Waals surface area contributed by atoms with Gasteiger partial charge in [0.1, 0.15) is 0 Å². The molecule has 0 aliphatic rings. The summed E-state index contributed by atoms with van der Waals surface area (Å²) >= 11 is 8.01. The number of fused-ring (bicyclic) bond motifs is 1. The SMILES string of the molecule is O=S(=O)(CCNCc1sc2ccccc2c1Cl)c1ccccc1. The number of halogens is 1. The van der Waals surface area contributed by atoms with Crippen molar-refractivity contribution < 1.29 is 8.42 Å².